The summed E-state index contributed by atoms with van der Waals surface area (Å²) in [6, 6.07) is 0. The molecule has 1 aliphatic heterocycles. The Morgan fingerprint density at radius 3 is 3.00 bits per heavy atom. The minimum atomic E-state index is 0.337. The van der Waals surface area contributed by atoms with Crippen LogP contribution in [0.25, 0.3) is 0 Å². The molecular formula is C8H17NO2. The lowest BCUT2D eigenvalue weighted by Crippen LogP contribution is -2.25. The van der Waals surface area contributed by atoms with Crippen LogP contribution in [0.3, 0.4) is 0 Å². The zero-order valence-corrected chi connectivity index (χ0v) is 7.12. The molecule has 1 heterocycles. The second-order valence-electron chi connectivity index (χ2n) is 3.13. The van der Waals surface area contributed by atoms with Gasteiger partial charge in [0, 0.05) is 26.8 Å². The predicted octanol–water partition coefficient (Wildman–Crippen LogP) is -0.0530. The van der Waals surface area contributed by atoms with E-state index in [1.54, 1.807) is 7.11 Å². The molecule has 0 aromatic carbocycles. The Morgan fingerprint density at radius 1 is 1.64 bits per heavy atom. The largest absolute Gasteiger partial charge is 0.396 e. The second-order valence-corrected chi connectivity index (χ2v) is 3.13. The zero-order chi connectivity index (χ0) is 8.10. The van der Waals surface area contributed by atoms with Gasteiger partial charge in [0.25, 0.3) is 0 Å². The summed E-state index contributed by atoms with van der Waals surface area (Å²) < 4.78 is 4.97. The molecule has 0 aromatic rings. The van der Waals surface area contributed by atoms with E-state index in [1.165, 1.54) is 0 Å². The number of rotatable bonds is 4. The van der Waals surface area contributed by atoms with E-state index in [1.807, 2.05) is 0 Å². The first-order chi connectivity index (χ1) is 5.36. The molecule has 1 atom stereocenters. The highest BCUT2D eigenvalue weighted by Crippen LogP contribution is 2.14. The van der Waals surface area contributed by atoms with E-state index in [0.717, 1.165) is 32.7 Å². The minimum Gasteiger partial charge on any atom is -0.396 e. The number of methoxy groups -OCH3 is 1. The van der Waals surface area contributed by atoms with Crippen molar-refractivity contribution in [2.45, 2.75) is 6.42 Å². The molecule has 11 heavy (non-hydrogen) atoms. The Morgan fingerprint density at radius 2 is 2.45 bits per heavy atom. The Labute approximate surface area is 68.0 Å². The third-order valence-corrected chi connectivity index (χ3v) is 2.24. The molecule has 1 N–H and O–H groups in total. The predicted molar refractivity (Wildman–Crippen MR) is 43.5 cm³/mol. The van der Waals surface area contributed by atoms with E-state index in [0.29, 0.717) is 12.5 Å². The average molecular weight is 159 g/mol. The topological polar surface area (TPSA) is 32.7 Å². The van der Waals surface area contributed by atoms with Crippen molar-refractivity contribution in [3.05, 3.63) is 0 Å². The molecular weight excluding hydrogens is 142 g/mol. The van der Waals surface area contributed by atoms with Crippen LogP contribution >= 0.6 is 0 Å². The van der Waals surface area contributed by atoms with Crippen LogP contribution in [0.2, 0.25) is 0 Å². The molecule has 3 nitrogen and oxygen atoms in total. The highest BCUT2D eigenvalue weighted by molar-refractivity contribution is 4.74. The second kappa shape index (κ2) is 4.70. The molecule has 1 aliphatic rings. The van der Waals surface area contributed by atoms with Crippen molar-refractivity contribution in [2.24, 2.45) is 5.92 Å². The van der Waals surface area contributed by atoms with Gasteiger partial charge in [0.15, 0.2) is 0 Å². The van der Waals surface area contributed by atoms with Crippen molar-refractivity contribution in [1.82, 2.24) is 4.90 Å². The van der Waals surface area contributed by atoms with Crippen LogP contribution in [0, 0.1) is 5.92 Å². The molecule has 0 aliphatic carbocycles. The number of ether oxygens (including phenoxy) is 1. The van der Waals surface area contributed by atoms with E-state index in [2.05, 4.69) is 4.90 Å². The van der Waals surface area contributed by atoms with Gasteiger partial charge in [0.1, 0.15) is 0 Å². The van der Waals surface area contributed by atoms with E-state index < -0.39 is 0 Å². The van der Waals surface area contributed by atoms with E-state index in [9.17, 15) is 0 Å². The summed E-state index contributed by atoms with van der Waals surface area (Å²) in [5.74, 6) is 0.506. The molecule has 1 saturated heterocycles. The number of aliphatic hydroxyl groups is 1. The monoisotopic (exact) mass is 159 g/mol. The quantitative estimate of drug-likeness (QED) is 0.624. The molecule has 3 heteroatoms. The van der Waals surface area contributed by atoms with E-state index >= 15 is 0 Å². The fraction of sp³-hybridized carbons (Fsp3) is 1.00. The summed E-state index contributed by atoms with van der Waals surface area (Å²) in [5.41, 5.74) is 0. The van der Waals surface area contributed by atoms with E-state index in [-0.39, 0.29) is 0 Å². The highest BCUT2D eigenvalue weighted by Gasteiger charge is 2.20. The summed E-state index contributed by atoms with van der Waals surface area (Å²) in [5, 5.41) is 8.85. The highest BCUT2D eigenvalue weighted by atomic mass is 16.5. The van der Waals surface area contributed by atoms with Crippen LogP contribution in [-0.2, 0) is 4.74 Å². The van der Waals surface area contributed by atoms with Gasteiger partial charge in [-0.3, -0.25) is 0 Å². The SMILES string of the molecule is COCCN1CC[C@@H](CO)C1. The summed E-state index contributed by atoms with van der Waals surface area (Å²) in [6.07, 6.45) is 1.14. The third-order valence-electron chi connectivity index (χ3n) is 2.24. The maximum absolute atomic E-state index is 8.85. The smallest absolute Gasteiger partial charge is 0.0589 e. The summed E-state index contributed by atoms with van der Waals surface area (Å²) in [6.45, 7) is 4.31. The number of aliphatic hydroxyl groups excluding tert-OH is 1. The van der Waals surface area contributed by atoms with Gasteiger partial charge < -0.3 is 14.7 Å². The van der Waals surface area contributed by atoms with Gasteiger partial charge >= 0.3 is 0 Å². The Hall–Kier alpha value is -0.120. The van der Waals surface area contributed by atoms with Crippen molar-refractivity contribution in [2.75, 3.05) is 40.0 Å². The van der Waals surface area contributed by atoms with Gasteiger partial charge in [-0.1, -0.05) is 0 Å². The number of likely N-dealkylation sites (tertiary alicyclic amines) is 1. The first-order valence-corrected chi connectivity index (χ1v) is 4.19. The fourth-order valence-corrected chi connectivity index (χ4v) is 1.49. The molecule has 1 fully saturated rings. The van der Waals surface area contributed by atoms with Crippen molar-refractivity contribution in [3.63, 3.8) is 0 Å². The number of hydrogen-bond acceptors (Lipinski definition) is 3. The Kier molecular flexibility index (Phi) is 3.83. The first kappa shape index (κ1) is 8.97. The van der Waals surface area contributed by atoms with Crippen LogP contribution < -0.4 is 0 Å². The van der Waals surface area contributed by atoms with Crippen LogP contribution in [0.4, 0.5) is 0 Å². The lowest BCUT2D eigenvalue weighted by Gasteiger charge is -2.13. The molecule has 0 aromatic heterocycles. The molecule has 0 unspecified atom stereocenters. The molecule has 1 rings (SSSR count). The van der Waals surface area contributed by atoms with Crippen LogP contribution in [0.15, 0.2) is 0 Å². The van der Waals surface area contributed by atoms with Gasteiger partial charge in [-0.25, -0.2) is 0 Å². The maximum Gasteiger partial charge on any atom is 0.0589 e. The van der Waals surface area contributed by atoms with Gasteiger partial charge in [-0.15, -0.1) is 0 Å². The molecule has 0 radical (unpaired) electrons. The Balaban J connectivity index is 2.09. The number of hydrogen-bond donors (Lipinski definition) is 1. The molecule has 0 bridgehead atoms. The van der Waals surface area contributed by atoms with Gasteiger partial charge in [0.2, 0.25) is 0 Å². The van der Waals surface area contributed by atoms with Gasteiger partial charge in [-0.2, -0.15) is 0 Å². The minimum absolute atomic E-state index is 0.337. The van der Waals surface area contributed by atoms with E-state index in [4.69, 9.17) is 9.84 Å². The van der Waals surface area contributed by atoms with Crippen LogP contribution in [0.5, 0.6) is 0 Å². The van der Waals surface area contributed by atoms with Crippen molar-refractivity contribution in [3.8, 4) is 0 Å². The van der Waals surface area contributed by atoms with Gasteiger partial charge in [0.05, 0.1) is 6.61 Å². The van der Waals surface area contributed by atoms with Crippen molar-refractivity contribution >= 4 is 0 Å². The zero-order valence-electron chi connectivity index (χ0n) is 7.12. The van der Waals surface area contributed by atoms with Crippen molar-refractivity contribution < 1.29 is 9.84 Å². The number of nitrogens with zero attached hydrogens (tertiary/aromatic N) is 1. The third kappa shape index (κ3) is 2.77. The Bertz CT molecular complexity index is 108. The lowest BCUT2D eigenvalue weighted by atomic mass is 10.1. The normalized spacial score (nSPS) is 26.2. The van der Waals surface area contributed by atoms with Gasteiger partial charge in [-0.05, 0) is 18.9 Å². The molecule has 0 spiro atoms. The maximum atomic E-state index is 8.85. The summed E-state index contributed by atoms with van der Waals surface area (Å²) in [7, 11) is 1.72. The molecule has 66 valence electrons. The van der Waals surface area contributed by atoms with Crippen LogP contribution in [0.1, 0.15) is 6.42 Å². The van der Waals surface area contributed by atoms with Crippen molar-refractivity contribution in [1.29, 1.82) is 0 Å². The standard InChI is InChI=1S/C8H17NO2/c1-11-5-4-9-3-2-8(6-9)7-10/h8,10H,2-7H2,1H3/t8-/m1/s1. The summed E-state index contributed by atoms with van der Waals surface area (Å²) >= 11 is 0. The first-order valence-electron chi connectivity index (χ1n) is 4.19. The molecule has 0 saturated carbocycles. The fourth-order valence-electron chi connectivity index (χ4n) is 1.49. The average Bonchev–Trinajstić information content (AvgIpc) is 2.48. The van der Waals surface area contributed by atoms with Crippen LogP contribution in [-0.4, -0.2) is 50.0 Å². The molecule has 0 amide bonds. The summed E-state index contributed by atoms with van der Waals surface area (Å²) in [4.78, 5) is 2.34. The lowest BCUT2D eigenvalue weighted by molar-refractivity contribution is 0.154.